The van der Waals surface area contributed by atoms with Crippen molar-refractivity contribution in [1.82, 2.24) is 5.32 Å². The first-order chi connectivity index (χ1) is 13.1. The maximum absolute atomic E-state index is 13.0. The van der Waals surface area contributed by atoms with Crippen molar-refractivity contribution in [2.75, 3.05) is 14.2 Å². The molecule has 1 aromatic rings. The van der Waals surface area contributed by atoms with Crippen molar-refractivity contribution < 1.29 is 19.1 Å². The quantitative estimate of drug-likeness (QED) is 0.561. The summed E-state index contributed by atoms with van der Waals surface area (Å²) in [5, 5.41) is 2.89. The van der Waals surface area contributed by atoms with Gasteiger partial charge in [0.05, 0.1) is 19.9 Å². The Morgan fingerprint density at radius 3 is 2.15 bits per heavy atom. The highest BCUT2D eigenvalue weighted by Gasteiger charge is 2.32. The zero-order valence-electron chi connectivity index (χ0n) is 16.9. The number of ketones is 1. The van der Waals surface area contributed by atoms with Gasteiger partial charge in [0.25, 0.3) is 0 Å². The van der Waals surface area contributed by atoms with E-state index in [1.807, 2.05) is 13.0 Å². The van der Waals surface area contributed by atoms with Crippen LogP contribution < -0.4 is 14.8 Å². The molecular formula is C22H31NO4. The first-order valence-electron chi connectivity index (χ1n) is 9.91. The highest BCUT2D eigenvalue weighted by molar-refractivity contribution is 6.22. The lowest BCUT2D eigenvalue weighted by Crippen LogP contribution is -2.26. The molecule has 0 unspecified atom stereocenters. The second-order valence-corrected chi connectivity index (χ2v) is 6.90. The smallest absolute Gasteiger partial charge is 0.224 e. The van der Waals surface area contributed by atoms with Gasteiger partial charge in [-0.05, 0) is 42.5 Å². The third kappa shape index (κ3) is 4.90. The molecule has 1 aliphatic rings. The lowest BCUT2D eigenvalue weighted by molar-refractivity contribution is -0.120. The molecule has 1 amide bonds. The number of hydrogen-bond donors (Lipinski definition) is 1. The summed E-state index contributed by atoms with van der Waals surface area (Å²) in [4.78, 5) is 25.3. The fraction of sp³-hybridized carbons (Fsp3) is 0.545. The Kier molecular flexibility index (Phi) is 7.89. The number of Topliss-reactive ketones (excluding diaryl/α,β-unsaturated/α-hetero) is 1. The Hall–Kier alpha value is -2.30. The van der Waals surface area contributed by atoms with Gasteiger partial charge in [-0.2, -0.15) is 0 Å². The van der Waals surface area contributed by atoms with Crippen molar-refractivity contribution in [2.24, 2.45) is 0 Å². The Bertz CT molecular complexity index is 721. The van der Waals surface area contributed by atoms with E-state index < -0.39 is 0 Å². The van der Waals surface area contributed by atoms with Crippen LogP contribution in [-0.4, -0.2) is 25.9 Å². The molecule has 0 aliphatic heterocycles. The van der Waals surface area contributed by atoms with Crippen LogP contribution in [0.25, 0.3) is 5.57 Å². The third-order valence-electron chi connectivity index (χ3n) is 4.92. The molecule has 0 saturated heterocycles. The second kappa shape index (κ2) is 10.1. The molecule has 0 bridgehead atoms. The molecule has 1 aromatic carbocycles. The van der Waals surface area contributed by atoms with Crippen LogP contribution in [0.4, 0.5) is 0 Å². The van der Waals surface area contributed by atoms with Gasteiger partial charge in [0, 0.05) is 12.0 Å². The Balaban J connectivity index is 2.36. The normalized spacial score (nSPS) is 13.0. The lowest BCUT2D eigenvalue weighted by Gasteiger charge is -2.12. The lowest BCUT2D eigenvalue weighted by atomic mass is 9.99. The van der Waals surface area contributed by atoms with Crippen molar-refractivity contribution in [3.05, 3.63) is 29.0 Å². The largest absolute Gasteiger partial charge is 0.493 e. The van der Waals surface area contributed by atoms with Gasteiger partial charge in [-0.25, -0.2) is 0 Å². The summed E-state index contributed by atoms with van der Waals surface area (Å²) in [5.74, 6) is 0.876. The number of ether oxygens (including phenoxy) is 2. The molecule has 0 atom stereocenters. The second-order valence-electron chi connectivity index (χ2n) is 6.90. The standard InChI is InChI=1S/C22H31NO4/c1-5-7-9-10-11-15-16-13-18(26-3)19(27-4)14-17(16)22(25)21(15)23-20(24)12-8-6-2/h13-14H,5-12H2,1-4H3,(H,23,24,25). The molecule has 0 aromatic heterocycles. The SMILES string of the molecule is CCCCCCC1=C(NC(=O)CCCC)C(=O)c2cc(OC)c(OC)cc21. The molecule has 2 rings (SSSR count). The molecule has 0 radical (unpaired) electrons. The van der Waals surface area contributed by atoms with Gasteiger partial charge in [0.1, 0.15) is 0 Å². The number of nitrogens with one attached hydrogen (secondary N) is 1. The van der Waals surface area contributed by atoms with Crippen molar-refractivity contribution in [3.8, 4) is 11.5 Å². The Morgan fingerprint density at radius 1 is 0.926 bits per heavy atom. The molecule has 0 saturated carbocycles. The van der Waals surface area contributed by atoms with Crippen molar-refractivity contribution in [1.29, 1.82) is 0 Å². The number of rotatable bonds is 11. The van der Waals surface area contributed by atoms with Gasteiger partial charge in [0.2, 0.25) is 11.7 Å². The summed E-state index contributed by atoms with van der Waals surface area (Å²) in [6.45, 7) is 4.21. The van der Waals surface area contributed by atoms with Gasteiger partial charge < -0.3 is 14.8 Å². The molecule has 1 N–H and O–H groups in total. The number of benzene rings is 1. The van der Waals surface area contributed by atoms with E-state index in [0.717, 1.165) is 56.1 Å². The monoisotopic (exact) mass is 373 g/mol. The minimum atomic E-state index is -0.138. The number of amides is 1. The third-order valence-corrected chi connectivity index (χ3v) is 4.92. The number of hydrogen-bond acceptors (Lipinski definition) is 4. The average molecular weight is 373 g/mol. The molecule has 148 valence electrons. The first-order valence-corrected chi connectivity index (χ1v) is 9.91. The average Bonchev–Trinajstić information content (AvgIpc) is 2.93. The van der Waals surface area contributed by atoms with E-state index in [1.165, 1.54) is 0 Å². The predicted molar refractivity (Wildman–Crippen MR) is 107 cm³/mol. The number of unbranched alkanes of at least 4 members (excludes halogenated alkanes) is 4. The summed E-state index contributed by atoms with van der Waals surface area (Å²) in [6, 6.07) is 3.57. The van der Waals surface area contributed by atoms with Gasteiger partial charge in [-0.1, -0.05) is 39.5 Å². The molecule has 0 spiro atoms. The molecular weight excluding hydrogens is 342 g/mol. The van der Waals surface area contributed by atoms with Crippen LogP contribution in [0.5, 0.6) is 11.5 Å². The zero-order chi connectivity index (χ0) is 19.8. The fourth-order valence-electron chi connectivity index (χ4n) is 3.38. The number of allylic oxidation sites excluding steroid dienone is 2. The van der Waals surface area contributed by atoms with Crippen LogP contribution >= 0.6 is 0 Å². The Labute approximate surface area is 162 Å². The van der Waals surface area contributed by atoms with Crippen LogP contribution in [0.15, 0.2) is 17.8 Å². The van der Waals surface area contributed by atoms with Crippen LogP contribution in [0.3, 0.4) is 0 Å². The van der Waals surface area contributed by atoms with Gasteiger partial charge in [-0.3, -0.25) is 9.59 Å². The summed E-state index contributed by atoms with van der Waals surface area (Å²) >= 11 is 0. The molecule has 0 heterocycles. The van der Waals surface area contributed by atoms with Crippen LogP contribution in [0, 0.1) is 0 Å². The molecule has 5 heteroatoms. The fourth-order valence-corrected chi connectivity index (χ4v) is 3.38. The van der Waals surface area contributed by atoms with Crippen molar-refractivity contribution in [3.63, 3.8) is 0 Å². The predicted octanol–water partition coefficient (Wildman–Crippen LogP) is 4.89. The van der Waals surface area contributed by atoms with E-state index in [9.17, 15) is 9.59 Å². The molecule has 27 heavy (non-hydrogen) atoms. The summed E-state index contributed by atoms with van der Waals surface area (Å²) < 4.78 is 10.8. The van der Waals surface area contributed by atoms with Gasteiger partial charge >= 0.3 is 0 Å². The topological polar surface area (TPSA) is 64.6 Å². The number of fused-ring (bicyclic) bond motifs is 1. The first kappa shape index (κ1) is 21.0. The summed E-state index contributed by atoms with van der Waals surface area (Å²) in [7, 11) is 3.13. The van der Waals surface area contributed by atoms with E-state index in [0.29, 0.717) is 29.2 Å². The minimum Gasteiger partial charge on any atom is -0.493 e. The van der Waals surface area contributed by atoms with Gasteiger partial charge in [0.15, 0.2) is 11.5 Å². The van der Waals surface area contributed by atoms with E-state index in [1.54, 1.807) is 20.3 Å². The van der Waals surface area contributed by atoms with E-state index >= 15 is 0 Å². The van der Waals surface area contributed by atoms with Crippen molar-refractivity contribution >= 4 is 17.3 Å². The van der Waals surface area contributed by atoms with Crippen LogP contribution in [-0.2, 0) is 4.79 Å². The number of methoxy groups -OCH3 is 2. The number of carbonyl (C=O) groups is 2. The van der Waals surface area contributed by atoms with Gasteiger partial charge in [-0.15, -0.1) is 0 Å². The minimum absolute atomic E-state index is 0.0991. The van der Waals surface area contributed by atoms with E-state index in [-0.39, 0.29) is 11.7 Å². The summed E-state index contributed by atoms with van der Waals surface area (Å²) in [6.07, 6.45) is 7.36. The highest BCUT2D eigenvalue weighted by Crippen LogP contribution is 2.41. The van der Waals surface area contributed by atoms with E-state index in [4.69, 9.17) is 9.47 Å². The molecule has 1 aliphatic carbocycles. The van der Waals surface area contributed by atoms with Crippen LogP contribution in [0.2, 0.25) is 0 Å². The molecule has 5 nitrogen and oxygen atoms in total. The maximum atomic E-state index is 13.0. The maximum Gasteiger partial charge on any atom is 0.224 e. The zero-order valence-corrected chi connectivity index (χ0v) is 16.9. The van der Waals surface area contributed by atoms with E-state index in [2.05, 4.69) is 12.2 Å². The molecule has 0 fully saturated rings. The Morgan fingerprint density at radius 2 is 1.56 bits per heavy atom. The van der Waals surface area contributed by atoms with Crippen LogP contribution in [0.1, 0.15) is 81.1 Å². The van der Waals surface area contributed by atoms with Crippen molar-refractivity contribution in [2.45, 2.75) is 65.2 Å². The number of carbonyl (C=O) groups excluding carboxylic acids is 2. The highest BCUT2D eigenvalue weighted by atomic mass is 16.5. The summed E-state index contributed by atoms with van der Waals surface area (Å²) in [5.41, 5.74) is 2.76.